The third-order valence-corrected chi connectivity index (χ3v) is 3.27. The Bertz CT molecular complexity index is 360. The smallest absolute Gasteiger partial charge is 0.257 e. The number of rotatable bonds is 6. The van der Waals surface area contributed by atoms with Crippen LogP contribution in [0, 0.1) is 0 Å². The molecular formula is C13H20BrNO2. The number of hydrogen-bond donors (Lipinski definition) is 0. The summed E-state index contributed by atoms with van der Waals surface area (Å²) in [7, 11) is 0. The van der Waals surface area contributed by atoms with Crippen molar-refractivity contribution in [3.05, 3.63) is 23.7 Å². The molecule has 1 aromatic rings. The molecule has 0 atom stereocenters. The van der Waals surface area contributed by atoms with Crippen molar-refractivity contribution in [3.63, 3.8) is 0 Å². The minimum absolute atomic E-state index is 0.0755. The van der Waals surface area contributed by atoms with Gasteiger partial charge in [0.05, 0.1) is 11.8 Å². The van der Waals surface area contributed by atoms with E-state index >= 15 is 0 Å². The molecule has 0 spiro atoms. The Morgan fingerprint density at radius 1 is 1.53 bits per heavy atom. The second kappa shape index (κ2) is 6.84. The molecule has 0 aliphatic heterocycles. The van der Waals surface area contributed by atoms with Crippen LogP contribution in [-0.4, -0.2) is 28.7 Å². The standard InChI is InChI=1S/C13H20BrNO2/c1-4-12-11(6-9-17-12)13(16)15(10(2)3)8-5-7-14/h6,9-10H,4-5,7-8H2,1-3H3. The summed E-state index contributed by atoms with van der Waals surface area (Å²) in [5.41, 5.74) is 0.704. The van der Waals surface area contributed by atoms with E-state index in [1.54, 1.807) is 12.3 Å². The quantitative estimate of drug-likeness (QED) is 0.754. The van der Waals surface area contributed by atoms with Gasteiger partial charge in [-0.05, 0) is 26.3 Å². The van der Waals surface area contributed by atoms with E-state index in [2.05, 4.69) is 15.9 Å². The van der Waals surface area contributed by atoms with E-state index < -0.39 is 0 Å². The molecule has 1 aromatic heterocycles. The fourth-order valence-electron chi connectivity index (χ4n) is 1.78. The SMILES string of the molecule is CCc1occc1C(=O)N(CCCBr)C(C)C. The first-order valence-corrected chi connectivity index (χ1v) is 7.17. The molecule has 0 fully saturated rings. The first-order chi connectivity index (χ1) is 8.11. The van der Waals surface area contributed by atoms with Crippen molar-refractivity contribution >= 4 is 21.8 Å². The molecule has 96 valence electrons. The van der Waals surface area contributed by atoms with Gasteiger partial charge < -0.3 is 9.32 Å². The van der Waals surface area contributed by atoms with Gasteiger partial charge in [0.15, 0.2) is 0 Å². The van der Waals surface area contributed by atoms with E-state index in [0.29, 0.717) is 5.56 Å². The van der Waals surface area contributed by atoms with Crippen LogP contribution in [0.15, 0.2) is 16.7 Å². The van der Waals surface area contributed by atoms with Gasteiger partial charge in [0.1, 0.15) is 5.76 Å². The molecule has 0 N–H and O–H groups in total. The van der Waals surface area contributed by atoms with E-state index in [0.717, 1.165) is 30.5 Å². The second-order valence-corrected chi connectivity index (χ2v) is 5.04. The molecular weight excluding hydrogens is 282 g/mol. The zero-order chi connectivity index (χ0) is 12.8. The summed E-state index contributed by atoms with van der Waals surface area (Å²) < 4.78 is 5.31. The van der Waals surface area contributed by atoms with E-state index in [1.165, 1.54) is 0 Å². The molecule has 3 nitrogen and oxygen atoms in total. The van der Waals surface area contributed by atoms with Crippen molar-refractivity contribution < 1.29 is 9.21 Å². The average molecular weight is 302 g/mol. The zero-order valence-electron chi connectivity index (χ0n) is 10.7. The number of carbonyl (C=O) groups excluding carboxylic acids is 1. The fourth-order valence-corrected chi connectivity index (χ4v) is 2.03. The lowest BCUT2D eigenvalue weighted by Gasteiger charge is -2.26. The highest BCUT2D eigenvalue weighted by atomic mass is 79.9. The number of aryl methyl sites for hydroxylation is 1. The highest BCUT2D eigenvalue weighted by Gasteiger charge is 2.21. The monoisotopic (exact) mass is 301 g/mol. The number of hydrogen-bond acceptors (Lipinski definition) is 2. The Morgan fingerprint density at radius 3 is 2.76 bits per heavy atom. The first kappa shape index (κ1) is 14.3. The van der Waals surface area contributed by atoms with Crippen molar-refractivity contribution in [2.24, 2.45) is 0 Å². The summed E-state index contributed by atoms with van der Waals surface area (Å²) in [5.74, 6) is 0.853. The summed E-state index contributed by atoms with van der Waals surface area (Å²) in [6, 6.07) is 1.98. The largest absolute Gasteiger partial charge is 0.469 e. The normalized spacial score (nSPS) is 10.9. The molecule has 0 bridgehead atoms. The first-order valence-electron chi connectivity index (χ1n) is 6.05. The van der Waals surface area contributed by atoms with Crippen LogP contribution in [0.3, 0.4) is 0 Å². The third-order valence-electron chi connectivity index (χ3n) is 2.71. The number of halogens is 1. The van der Waals surface area contributed by atoms with Crippen LogP contribution >= 0.6 is 15.9 Å². The molecule has 1 rings (SSSR count). The molecule has 1 amide bonds. The molecule has 0 radical (unpaired) electrons. The number of alkyl halides is 1. The maximum atomic E-state index is 12.4. The number of furan rings is 1. The van der Waals surface area contributed by atoms with Crippen LogP contribution in [-0.2, 0) is 6.42 Å². The number of amides is 1. The van der Waals surface area contributed by atoms with Gasteiger partial charge in [0, 0.05) is 24.3 Å². The van der Waals surface area contributed by atoms with E-state index in [1.807, 2.05) is 25.7 Å². The maximum Gasteiger partial charge on any atom is 0.257 e. The van der Waals surface area contributed by atoms with E-state index in [9.17, 15) is 4.79 Å². The average Bonchev–Trinajstić information content (AvgIpc) is 2.76. The summed E-state index contributed by atoms with van der Waals surface area (Å²) >= 11 is 3.40. The Hall–Kier alpha value is -0.770. The van der Waals surface area contributed by atoms with Crippen LogP contribution in [0.1, 0.15) is 43.3 Å². The Balaban J connectivity index is 2.84. The molecule has 1 heterocycles. The topological polar surface area (TPSA) is 33.5 Å². The van der Waals surface area contributed by atoms with Gasteiger partial charge >= 0.3 is 0 Å². The van der Waals surface area contributed by atoms with Crippen LogP contribution in [0.25, 0.3) is 0 Å². The van der Waals surface area contributed by atoms with E-state index in [-0.39, 0.29) is 11.9 Å². The number of carbonyl (C=O) groups is 1. The Kier molecular flexibility index (Phi) is 5.75. The van der Waals surface area contributed by atoms with Crippen LogP contribution in [0.4, 0.5) is 0 Å². The van der Waals surface area contributed by atoms with Gasteiger partial charge in [-0.3, -0.25) is 4.79 Å². The van der Waals surface area contributed by atoms with Gasteiger partial charge in [0.2, 0.25) is 0 Å². The van der Waals surface area contributed by atoms with Gasteiger partial charge in [-0.2, -0.15) is 0 Å². The van der Waals surface area contributed by atoms with Crippen molar-refractivity contribution in [2.45, 2.75) is 39.7 Å². The van der Waals surface area contributed by atoms with Crippen molar-refractivity contribution in [1.29, 1.82) is 0 Å². The van der Waals surface area contributed by atoms with Gasteiger partial charge in [-0.15, -0.1) is 0 Å². The summed E-state index contributed by atoms with van der Waals surface area (Å²) in [5, 5.41) is 0.912. The lowest BCUT2D eigenvalue weighted by molar-refractivity contribution is 0.0704. The Labute approximate surface area is 111 Å². The van der Waals surface area contributed by atoms with E-state index in [4.69, 9.17) is 4.42 Å². The Morgan fingerprint density at radius 2 is 2.24 bits per heavy atom. The summed E-state index contributed by atoms with van der Waals surface area (Å²) in [4.78, 5) is 14.3. The molecule has 0 saturated heterocycles. The molecule has 0 aliphatic carbocycles. The van der Waals surface area contributed by atoms with Gasteiger partial charge in [-0.1, -0.05) is 22.9 Å². The minimum Gasteiger partial charge on any atom is -0.469 e. The lowest BCUT2D eigenvalue weighted by atomic mass is 10.1. The van der Waals surface area contributed by atoms with Gasteiger partial charge in [-0.25, -0.2) is 0 Å². The fraction of sp³-hybridized carbons (Fsp3) is 0.615. The van der Waals surface area contributed by atoms with Crippen LogP contribution in [0.5, 0.6) is 0 Å². The zero-order valence-corrected chi connectivity index (χ0v) is 12.3. The molecule has 0 saturated carbocycles. The van der Waals surface area contributed by atoms with Crippen molar-refractivity contribution in [3.8, 4) is 0 Å². The predicted molar refractivity (Wildman–Crippen MR) is 72.7 cm³/mol. The molecule has 0 unspecified atom stereocenters. The van der Waals surface area contributed by atoms with Crippen molar-refractivity contribution in [2.75, 3.05) is 11.9 Å². The summed E-state index contributed by atoms with van der Waals surface area (Å²) in [6.45, 7) is 6.85. The third kappa shape index (κ3) is 3.60. The van der Waals surface area contributed by atoms with Crippen LogP contribution in [0.2, 0.25) is 0 Å². The molecule has 17 heavy (non-hydrogen) atoms. The predicted octanol–water partition coefficient (Wildman–Crippen LogP) is 3.48. The number of nitrogens with zero attached hydrogens (tertiary/aromatic N) is 1. The maximum absolute atomic E-state index is 12.4. The molecule has 0 aromatic carbocycles. The molecule has 0 aliphatic rings. The minimum atomic E-state index is 0.0755. The highest BCUT2D eigenvalue weighted by molar-refractivity contribution is 9.09. The van der Waals surface area contributed by atoms with Gasteiger partial charge in [0.25, 0.3) is 5.91 Å². The highest BCUT2D eigenvalue weighted by Crippen LogP contribution is 2.16. The molecule has 4 heteroatoms. The lowest BCUT2D eigenvalue weighted by Crippen LogP contribution is -2.38. The van der Waals surface area contributed by atoms with Crippen molar-refractivity contribution in [1.82, 2.24) is 4.90 Å². The summed E-state index contributed by atoms with van der Waals surface area (Å²) in [6.07, 6.45) is 3.30. The second-order valence-electron chi connectivity index (χ2n) is 4.25. The van der Waals surface area contributed by atoms with Crippen LogP contribution < -0.4 is 0 Å².